The maximum absolute atomic E-state index is 13.7. The van der Waals surface area contributed by atoms with Gasteiger partial charge in [0.1, 0.15) is 5.82 Å². The van der Waals surface area contributed by atoms with Crippen molar-refractivity contribution >= 4 is 23.7 Å². The van der Waals surface area contributed by atoms with Gasteiger partial charge in [0.15, 0.2) is 0 Å². The molecule has 1 atom stereocenters. The molecule has 172 valence electrons. The normalized spacial score (nSPS) is 25.6. The summed E-state index contributed by atoms with van der Waals surface area (Å²) >= 11 is 1.99. The largest absolute Gasteiger partial charge is 0.401 e. The predicted octanol–water partition coefficient (Wildman–Crippen LogP) is 5.87. The van der Waals surface area contributed by atoms with E-state index in [9.17, 15) is 13.2 Å². The van der Waals surface area contributed by atoms with E-state index < -0.39 is 5.92 Å². The van der Waals surface area contributed by atoms with Gasteiger partial charge < -0.3 is 5.73 Å². The molecular formula is C25H30F3N3S. The van der Waals surface area contributed by atoms with Crippen LogP contribution in [-0.2, 0) is 0 Å². The molecule has 1 unspecified atom stereocenters. The number of nitrogens with zero attached hydrogens (tertiary/aromatic N) is 2. The highest BCUT2D eigenvalue weighted by atomic mass is 32.2. The summed E-state index contributed by atoms with van der Waals surface area (Å²) in [5.74, 6) is -0.674. The molecule has 0 spiro atoms. The van der Waals surface area contributed by atoms with Crippen LogP contribution in [0.15, 0.2) is 64.3 Å². The Kier molecular flexibility index (Phi) is 7.46. The molecule has 0 radical (unpaired) electrons. The molecule has 2 N–H and O–H groups in total. The molecule has 1 saturated heterocycles. The number of thioether (sulfide) groups is 1. The van der Waals surface area contributed by atoms with Gasteiger partial charge >= 0.3 is 0 Å². The second-order valence-electron chi connectivity index (χ2n) is 8.70. The number of aliphatic imine (C=N–C) groups is 1. The molecule has 0 aromatic heterocycles. The van der Waals surface area contributed by atoms with E-state index in [4.69, 9.17) is 5.73 Å². The molecule has 4 rings (SSSR count). The van der Waals surface area contributed by atoms with Crippen LogP contribution in [0.2, 0.25) is 0 Å². The first-order valence-corrected chi connectivity index (χ1v) is 12.4. The van der Waals surface area contributed by atoms with E-state index in [1.165, 1.54) is 12.1 Å². The van der Waals surface area contributed by atoms with Gasteiger partial charge in [0.25, 0.3) is 0 Å². The molecule has 1 saturated carbocycles. The second-order valence-corrected chi connectivity index (χ2v) is 9.93. The predicted molar refractivity (Wildman–Crippen MR) is 127 cm³/mol. The summed E-state index contributed by atoms with van der Waals surface area (Å²) in [6.45, 7) is 2.19. The van der Waals surface area contributed by atoms with Crippen LogP contribution >= 0.6 is 11.8 Å². The van der Waals surface area contributed by atoms with Crippen molar-refractivity contribution < 1.29 is 13.2 Å². The van der Waals surface area contributed by atoms with Crippen LogP contribution in [-0.4, -0.2) is 47.7 Å². The van der Waals surface area contributed by atoms with Crippen molar-refractivity contribution in [1.82, 2.24) is 4.90 Å². The minimum Gasteiger partial charge on any atom is -0.401 e. The van der Waals surface area contributed by atoms with Gasteiger partial charge in [-0.05, 0) is 55.0 Å². The molecule has 32 heavy (non-hydrogen) atoms. The van der Waals surface area contributed by atoms with Gasteiger partial charge in [-0.2, -0.15) is 11.8 Å². The topological polar surface area (TPSA) is 41.6 Å². The Labute approximate surface area is 192 Å². The van der Waals surface area contributed by atoms with Crippen LogP contribution < -0.4 is 5.73 Å². The minimum atomic E-state index is -2.59. The lowest BCUT2D eigenvalue weighted by molar-refractivity contribution is -0.0422. The van der Waals surface area contributed by atoms with Crippen molar-refractivity contribution in [3.05, 3.63) is 65.2 Å². The molecule has 3 aliphatic rings. The van der Waals surface area contributed by atoms with Crippen LogP contribution in [0.3, 0.4) is 0 Å². The molecule has 1 aliphatic heterocycles. The molecule has 1 heterocycles. The average molecular weight is 462 g/mol. The van der Waals surface area contributed by atoms with Crippen LogP contribution in [0.5, 0.6) is 0 Å². The third kappa shape index (κ3) is 5.87. The second kappa shape index (κ2) is 10.3. The molecule has 1 aromatic carbocycles. The van der Waals surface area contributed by atoms with E-state index in [0.29, 0.717) is 30.3 Å². The number of halogens is 3. The van der Waals surface area contributed by atoms with Gasteiger partial charge in [0.05, 0.1) is 5.69 Å². The Morgan fingerprint density at radius 1 is 1.12 bits per heavy atom. The number of rotatable bonds is 5. The van der Waals surface area contributed by atoms with Crippen molar-refractivity contribution in [2.75, 3.05) is 24.6 Å². The number of nitrogens with two attached hydrogens (primary N) is 1. The van der Waals surface area contributed by atoms with Gasteiger partial charge in [-0.25, -0.2) is 13.2 Å². The summed E-state index contributed by atoms with van der Waals surface area (Å²) in [4.78, 5) is 7.01. The zero-order valence-electron chi connectivity index (χ0n) is 18.2. The van der Waals surface area contributed by atoms with Crippen molar-refractivity contribution in [2.45, 2.75) is 44.1 Å². The Morgan fingerprint density at radius 3 is 2.44 bits per heavy atom. The number of allylic oxidation sites excluding steroid dienone is 4. The molecule has 2 fully saturated rings. The summed E-state index contributed by atoms with van der Waals surface area (Å²) in [6, 6.07) is 6.32. The quantitative estimate of drug-likeness (QED) is 0.558. The molecule has 0 bridgehead atoms. The lowest BCUT2D eigenvalue weighted by atomic mass is 9.82. The molecular weight excluding hydrogens is 431 g/mol. The Morgan fingerprint density at radius 2 is 1.81 bits per heavy atom. The fourth-order valence-electron chi connectivity index (χ4n) is 4.54. The van der Waals surface area contributed by atoms with E-state index in [1.807, 2.05) is 11.8 Å². The summed E-state index contributed by atoms with van der Waals surface area (Å²) in [5.41, 5.74) is 9.58. The highest BCUT2D eigenvalue weighted by Crippen LogP contribution is 2.39. The first-order chi connectivity index (χ1) is 15.4. The first-order valence-electron chi connectivity index (χ1n) is 11.3. The number of alkyl halides is 2. The maximum Gasteiger partial charge on any atom is 0.248 e. The Balaban J connectivity index is 1.56. The van der Waals surface area contributed by atoms with Crippen LogP contribution in [0.4, 0.5) is 18.9 Å². The van der Waals surface area contributed by atoms with Crippen molar-refractivity contribution in [2.24, 2.45) is 16.6 Å². The minimum absolute atomic E-state index is 0.0876. The Bertz CT molecular complexity index is 905. The molecule has 3 nitrogen and oxygen atoms in total. The fourth-order valence-corrected chi connectivity index (χ4v) is 5.47. The number of hydrogen-bond acceptors (Lipinski definition) is 4. The number of benzene rings is 1. The SMILES string of the molecule is NC(=C(C=Nc1ccc(F)cc1)C1=CCC(N2CCSCC2)C=C1)C1CCC(F)(F)CC1. The van der Waals surface area contributed by atoms with Gasteiger partial charge in [-0.1, -0.05) is 18.2 Å². The summed E-state index contributed by atoms with van der Waals surface area (Å²) in [6.07, 6.45) is 9.57. The molecule has 1 aromatic rings. The van der Waals surface area contributed by atoms with Crippen LogP contribution in [0.1, 0.15) is 32.1 Å². The Hall–Kier alpha value is -1.99. The standard InChI is InChI=1S/C25H30F3N3S/c26-20-3-5-21(6-4-20)30-17-23(24(29)19-9-11-25(27,28)12-10-19)18-1-7-22(8-2-18)31-13-15-32-16-14-31/h1-7,17,19,22H,8-16,29H2. The highest BCUT2D eigenvalue weighted by Gasteiger charge is 2.36. The summed E-state index contributed by atoms with van der Waals surface area (Å²) < 4.78 is 40.6. The van der Waals surface area contributed by atoms with E-state index in [0.717, 1.165) is 42.2 Å². The first kappa shape index (κ1) is 23.2. The summed E-state index contributed by atoms with van der Waals surface area (Å²) in [7, 11) is 0. The van der Waals surface area contributed by atoms with Gasteiger partial charge in [-0.3, -0.25) is 9.89 Å². The van der Waals surface area contributed by atoms with Gasteiger partial charge in [0.2, 0.25) is 5.92 Å². The van der Waals surface area contributed by atoms with Gasteiger partial charge in [0, 0.05) is 61.0 Å². The zero-order valence-corrected chi connectivity index (χ0v) is 19.0. The van der Waals surface area contributed by atoms with Crippen LogP contribution in [0.25, 0.3) is 0 Å². The summed E-state index contributed by atoms with van der Waals surface area (Å²) in [5, 5.41) is 0. The third-order valence-corrected chi connectivity index (χ3v) is 7.48. The fraction of sp³-hybridized carbons (Fsp3) is 0.480. The number of hydrogen-bond donors (Lipinski definition) is 1. The van der Waals surface area contributed by atoms with Crippen molar-refractivity contribution in [3.8, 4) is 0 Å². The smallest absolute Gasteiger partial charge is 0.248 e. The van der Waals surface area contributed by atoms with E-state index in [-0.39, 0.29) is 24.6 Å². The lowest BCUT2D eigenvalue weighted by Gasteiger charge is -2.34. The lowest BCUT2D eigenvalue weighted by Crippen LogP contribution is -2.40. The molecule has 7 heteroatoms. The maximum atomic E-state index is 13.7. The van der Waals surface area contributed by atoms with Crippen LogP contribution in [0, 0.1) is 11.7 Å². The van der Waals surface area contributed by atoms with Gasteiger partial charge in [-0.15, -0.1) is 0 Å². The third-order valence-electron chi connectivity index (χ3n) is 6.54. The van der Waals surface area contributed by atoms with Crippen molar-refractivity contribution in [3.63, 3.8) is 0 Å². The zero-order chi connectivity index (χ0) is 22.6. The molecule has 0 amide bonds. The van der Waals surface area contributed by atoms with E-state index in [2.05, 4.69) is 28.1 Å². The monoisotopic (exact) mass is 461 g/mol. The van der Waals surface area contributed by atoms with E-state index in [1.54, 1.807) is 18.3 Å². The highest BCUT2D eigenvalue weighted by molar-refractivity contribution is 7.99. The van der Waals surface area contributed by atoms with E-state index >= 15 is 0 Å². The van der Waals surface area contributed by atoms with Crippen molar-refractivity contribution in [1.29, 1.82) is 0 Å². The average Bonchev–Trinajstić information content (AvgIpc) is 2.81. The molecule has 2 aliphatic carbocycles.